The molecule has 24 heavy (non-hydrogen) atoms. The number of carbonyl (C=O) groups is 1. The number of tetrazole rings is 1. The molecule has 0 saturated carbocycles. The fourth-order valence-corrected chi connectivity index (χ4v) is 3.90. The van der Waals surface area contributed by atoms with Gasteiger partial charge in [-0.2, -0.15) is 0 Å². The number of para-hydroxylation sites is 1. The van der Waals surface area contributed by atoms with Crippen molar-refractivity contribution in [3.8, 4) is 0 Å². The minimum absolute atomic E-state index is 0.107. The highest BCUT2D eigenvalue weighted by molar-refractivity contribution is 8.00. The molecule has 0 radical (unpaired) electrons. The third-order valence-electron chi connectivity index (χ3n) is 4.08. The summed E-state index contributed by atoms with van der Waals surface area (Å²) in [4.78, 5) is 14.9. The van der Waals surface area contributed by atoms with Crippen LogP contribution in [-0.4, -0.2) is 37.9 Å². The van der Waals surface area contributed by atoms with E-state index in [0.717, 1.165) is 25.1 Å². The maximum atomic E-state index is 13.0. The van der Waals surface area contributed by atoms with E-state index in [1.165, 1.54) is 17.3 Å². The van der Waals surface area contributed by atoms with Crippen molar-refractivity contribution in [3.05, 3.63) is 29.8 Å². The second-order valence-corrected chi connectivity index (χ2v) is 8.33. The van der Waals surface area contributed by atoms with Crippen LogP contribution in [0.15, 0.2) is 29.4 Å². The van der Waals surface area contributed by atoms with Crippen LogP contribution in [0.4, 0.5) is 5.69 Å². The van der Waals surface area contributed by atoms with E-state index in [-0.39, 0.29) is 16.7 Å². The summed E-state index contributed by atoms with van der Waals surface area (Å²) in [7, 11) is 0. The molecule has 2 heterocycles. The molecule has 1 aromatic carbocycles. The monoisotopic (exact) mass is 345 g/mol. The van der Waals surface area contributed by atoms with Crippen LogP contribution < -0.4 is 4.90 Å². The highest BCUT2D eigenvalue weighted by Crippen LogP contribution is 2.31. The lowest BCUT2D eigenvalue weighted by Crippen LogP contribution is -2.40. The molecule has 1 aromatic heterocycles. The Hall–Kier alpha value is -1.89. The average molecular weight is 345 g/mol. The van der Waals surface area contributed by atoms with Gasteiger partial charge in [0, 0.05) is 12.2 Å². The third-order valence-corrected chi connectivity index (χ3v) is 5.10. The summed E-state index contributed by atoms with van der Waals surface area (Å²) in [5.41, 5.74) is 2.07. The molecule has 7 heteroatoms. The van der Waals surface area contributed by atoms with Gasteiger partial charge in [0.1, 0.15) is 0 Å². The number of hydrogen-bond donors (Lipinski definition) is 0. The van der Waals surface area contributed by atoms with Crippen molar-refractivity contribution in [1.29, 1.82) is 0 Å². The highest BCUT2D eigenvalue weighted by Gasteiger charge is 2.29. The summed E-state index contributed by atoms with van der Waals surface area (Å²) in [5.74, 6) is 0.107. The molecule has 1 aliphatic heterocycles. The van der Waals surface area contributed by atoms with Crippen molar-refractivity contribution in [2.75, 3.05) is 11.4 Å². The van der Waals surface area contributed by atoms with Crippen LogP contribution in [0.25, 0.3) is 0 Å². The number of anilines is 1. The number of thioether (sulfide) groups is 1. The van der Waals surface area contributed by atoms with Crippen LogP contribution in [-0.2, 0) is 16.8 Å². The number of nitrogens with zero attached hydrogens (tertiary/aromatic N) is 5. The topological polar surface area (TPSA) is 63.9 Å². The fourth-order valence-electron chi connectivity index (χ4n) is 2.86. The number of fused-ring (bicyclic) bond motifs is 1. The van der Waals surface area contributed by atoms with E-state index in [1.54, 1.807) is 4.68 Å². The zero-order valence-electron chi connectivity index (χ0n) is 14.6. The van der Waals surface area contributed by atoms with Gasteiger partial charge >= 0.3 is 0 Å². The van der Waals surface area contributed by atoms with Crippen LogP contribution in [0.3, 0.4) is 0 Å². The third kappa shape index (κ3) is 3.31. The smallest absolute Gasteiger partial charge is 0.240 e. The van der Waals surface area contributed by atoms with Gasteiger partial charge < -0.3 is 4.90 Å². The standard InChI is InChI=1S/C17H23N5OS/c1-12(24-16-18-19-20-22(16)17(2,3)4)15(23)21-11-7-9-13-8-5-6-10-14(13)21/h5-6,8,10,12H,7,9,11H2,1-4H3. The quantitative estimate of drug-likeness (QED) is 0.801. The molecule has 0 fully saturated rings. The number of aryl methyl sites for hydroxylation is 1. The van der Waals surface area contributed by atoms with E-state index in [2.05, 4.69) is 21.6 Å². The molecule has 3 rings (SSSR count). The van der Waals surface area contributed by atoms with Gasteiger partial charge in [0.05, 0.1) is 10.8 Å². The zero-order chi connectivity index (χ0) is 17.3. The molecule has 1 atom stereocenters. The fraction of sp³-hybridized carbons (Fsp3) is 0.529. The first kappa shape index (κ1) is 17.0. The minimum Gasteiger partial charge on any atom is -0.311 e. The molecular formula is C17H23N5OS. The van der Waals surface area contributed by atoms with E-state index in [0.29, 0.717) is 5.16 Å². The Bertz CT molecular complexity index is 737. The first-order chi connectivity index (χ1) is 11.4. The molecule has 0 bridgehead atoms. The second-order valence-electron chi connectivity index (χ2n) is 7.03. The largest absolute Gasteiger partial charge is 0.311 e. The Kier molecular flexibility index (Phi) is 4.62. The summed E-state index contributed by atoms with van der Waals surface area (Å²) < 4.78 is 1.77. The van der Waals surface area contributed by atoms with Crippen molar-refractivity contribution >= 4 is 23.4 Å². The van der Waals surface area contributed by atoms with Crippen LogP contribution in [0.2, 0.25) is 0 Å². The van der Waals surface area contributed by atoms with E-state index < -0.39 is 0 Å². The van der Waals surface area contributed by atoms with Gasteiger partial charge in [0.15, 0.2) is 0 Å². The van der Waals surface area contributed by atoms with Gasteiger partial charge in [-0.25, -0.2) is 4.68 Å². The SMILES string of the molecule is CC(Sc1nnnn1C(C)(C)C)C(=O)N1CCCc2ccccc21. The van der Waals surface area contributed by atoms with E-state index in [4.69, 9.17) is 0 Å². The maximum absolute atomic E-state index is 13.0. The lowest BCUT2D eigenvalue weighted by molar-refractivity contribution is -0.117. The zero-order valence-corrected chi connectivity index (χ0v) is 15.4. The molecular weight excluding hydrogens is 322 g/mol. The van der Waals surface area contributed by atoms with Crippen LogP contribution in [0, 0.1) is 0 Å². The van der Waals surface area contributed by atoms with E-state index in [9.17, 15) is 4.79 Å². The Balaban J connectivity index is 1.78. The van der Waals surface area contributed by atoms with E-state index >= 15 is 0 Å². The summed E-state index contributed by atoms with van der Waals surface area (Å²) >= 11 is 1.42. The van der Waals surface area contributed by atoms with Crippen molar-refractivity contribution in [2.45, 2.75) is 56.5 Å². The Morgan fingerprint density at radius 2 is 2.04 bits per heavy atom. The molecule has 1 aliphatic rings. The average Bonchev–Trinajstić information content (AvgIpc) is 3.02. The highest BCUT2D eigenvalue weighted by atomic mass is 32.2. The van der Waals surface area contributed by atoms with Gasteiger partial charge in [-0.3, -0.25) is 4.79 Å². The lowest BCUT2D eigenvalue weighted by atomic mass is 10.0. The molecule has 0 spiro atoms. The first-order valence-electron chi connectivity index (χ1n) is 8.23. The van der Waals surface area contributed by atoms with Crippen LogP contribution in [0.1, 0.15) is 39.7 Å². The Labute approximate surface area is 146 Å². The van der Waals surface area contributed by atoms with Gasteiger partial charge in [-0.1, -0.05) is 30.0 Å². The molecule has 1 amide bonds. The predicted molar refractivity (Wildman–Crippen MR) is 95.2 cm³/mol. The normalized spacial score (nSPS) is 15.9. The Morgan fingerprint density at radius 3 is 2.79 bits per heavy atom. The van der Waals surface area contributed by atoms with Crippen LogP contribution >= 0.6 is 11.8 Å². The Morgan fingerprint density at radius 1 is 1.29 bits per heavy atom. The van der Waals surface area contributed by atoms with Crippen molar-refractivity contribution < 1.29 is 4.79 Å². The van der Waals surface area contributed by atoms with Crippen molar-refractivity contribution in [2.24, 2.45) is 0 Å². The van der Waals surface area contributed by atoms with Gasteiger partial charge in [-0.15, -0.1) is 5.10 Å². The number of hydrogen-bond acceptors (Lipinski definition) is 5. The molecule has 1 unspecified atom stereocenters. The number of benzene rings is 1. The predicted octanol–water partition coefficient (Wildman–Crippen LogP) is 2.89. The minimum atomic E-state index is -0.247. The van der Waals surface area contributed by atoms with Gasteiger partial charge in [0.25, 0.3) is 0 Å². The molecule has 2 aromatic rings. The van der Waals surface area contributed by atoms with Crippen molar-refractivity contribution in [1.82, 2.24) is 20.2 Å². The lowest BCUT2D eigenvalue weighted by Gasteiger charge is -2.31. The first-order valence-corrected chi connectivity index (χ1v) is 9.10. The molecule has 128 valence electrons. The van der Waals surface area contributed by atoms with Crippen molar-refractivity contribution in [3.63, 3.8) is 0 Å². The van der Waals surface area contributed by atoms with E-state index in [1.807, 2.05) is 50.8 Å². The second kappa shape index (κ2) is 6.55. The molecule has 0 aliphatic carbocycles. The molecule has 0 saturated heterocycles. The number of carbonyl (C=O) groups excluding carboxylic acids is 1. The summed E-state index contributed by atoms with van der Waals surface area (Å²) in [6.07, 6.45) is 2.03. The summed E-state index contributed by atoms with van der Waals surface area (Å²) in [6, 6.07) is 8.15. The molecule has 0 N–H and O–H groups in total. The number of aromatic nitrogens is 4. The van der Waals surface area contributed by atoms with Gasteiger partial charge in [0.2, 0.25) is 11.1 Å². The maximum Gasteiger partial charge on any atom is 0.240 e. The van der Waals surface area contributed by atoms with Crippen LogP contribution in [0.5, 0.6) is 0 Å². The molecule has 6 nitrogen and oxygen atoms in total. The number of amides is 1. The van der Waals surface area contributed by atoms with Gasteiger partial charge in [-0.05, 0) is 62.6 Å². The summed E-state index contributed by atoms with van der Waals surface area (Å²) in [6.45, 7) is 8.82. The summed E-state index contributed by atoms with van der Waals surface area (Å²) in [5, 5.41) is 12.3. The number of rotatable bonds is 3.